The van der Waals surface area contributed by atoms with E-state index in [0.717, 1.165) is 30.0 Å². The number of hydrogen-bond acceptors (Lipinski definition) is 7. The molecule has 7 nitrogen and oxygen atoms in total. The molecule has 4 N–H and O–H groups in total. The van der Waals surface area contributed by atoms with Crippen molar-refractivity contribution in [2.75, 3.05) is 17.7 Å². The van der Waals surface area contributed by atoms with Crippen molar-refractivity contribution in [2.45, 2.75) is 31.3 Å². The van der Waals surface area contributed by atoms with Crippen molar-refractivity contribution in [1.29, 1.82) is 0 Å². The molecule has 0 aliphatic heterocycles. The van der Waals surface area contributed by atoms with E-state index < -0.39 is 0 Å². The van der Waals surface area contributed by atoms with E-state index in [1.807, 2.05) is 24.1 Å². The van der Waals surface area contributed by atoms with Gasteiger partial charge in [0, 0.05) is 31.1 Å². The second-order valence-electron chi connectivity index (χ2n) is 5.28. The lowest BCUT2D eigenvalue weighted by atomic mass is 9.78. The predicted molar refractivity (Wildman–Crippen MR) is 75.0 cm³/mol. The second-order valence-corrected chi connectivity index (χ2v) is 5.28. The summed E-state index contributed by atoms with van der Waals surface area (Å²) in [6.07, 6.45) is 3.48. The first-order valence-corrected chi connectivity index (χ1v) is 6.62. The van der Waals surface area contributed by atoms with Crippen molar-refractivity contribution in [3.05, 3.63) is 29.8 Å². The normalized spacial score (nSPS) is 21.5. The Morgan fingerprint density at radius 2 is 2.20 bits per heavy atom. The molecule has 106 valence electrons. The Bertz CT molecular complexity index is 579. The highest BCUT2D eigenvalue weighted by atomic mass is 16.5. The summed E-state index contributed by atoms with van der Waals surface area (Å²) >= 11 is 0. The minimum Gasteiger partial charge on any atom is -0.368 e. The summed E-state index contributed by atoms with van der Waals surface area (Å²) in [5, 5.41) is 3.89. The Morgan fingerprint density at radius 1 is 1.40 bits per heavy atom. The summed E-state index contributed by atoms with van der Waals surface area (Å²) in [4.78, 5) is 10.6. The van der Waals surface area contributed by atoms with Crippen molar-refractivity contribution >= 4 is 11.8 Å². The SMILES string of the molecule is CN(Cc1ccon1)c1cc(C2CC(N)C2)nc(N)n1. The van der Waals surface area contributed by atoms with Crippen LogP contribution in [0.4, 0.5) is 11.8 Å². The molecule has 2 aromatic heterocycles. The van der Waals surface area contributed by atoms with Gasteiger partial charge < -0.3 is 20.9 Å². The van der Waals surface area contributed by atoms with Gasteiger partial charge in [-0.15, -0.1) is 0 Å². The highest BCUT2D eigenvalue weighted by Crippen LogP contribution is 2.35. The fraction of sp³-hybridized carbons (Fsp3) is 0.462. The lowest BCUT2D eigenvalue weighted by molar-refractivity contribution is 0.345. The van der Waals surface area contributed by atoms with Crippen molar-refractivity contribution in [1.82, 2.24) is 15.1 Å². The number of nitrogen functional groups attached to an aromatic ring is 1. The molecule has 3 rings (SSSR count). The smallest absolute Gasteiger partial charge is 0.222 e. The van der Waals surface area contributed by atoms with Gasteiger partial charge in [-0.1, -0.05) is 5.16 Å². The molecule has 1 saturated carbocycles. The summed E-state index contributed by atoms with van der Waals surface area (Å²) in [7, 11) is 1.94. The van der Waals surface area contributed by atoms with Crippen LogP contribution >= 0.6 is 0 Å². The van der Waals surface area contributed by atoms with E-state index in [2.05, 4.69) is 15.1 Å². The first-order chi connectivity index (χ1) is 9.61. The lowest BCUT2D eigenvalue weighted by Crippen LogP contribution is -2.35. The quantitative estimate of drug-likeness (QED) is 0.852. The zero-order valence-corrected chi connectivity index (χ0v) is 11.4. The number of nitrogens with zero attached hydrogens (tertiary/aromatic N) is 4. The fourth-order valence-electron chi connectivity index (χ4n) is 2.42. The van der Waals surface area contributed by atoms with Crippen molar-refractivity contribution in [3.63, 3.8) is 0 Å². The van der Waals surface area contributed by atoms with Crippen LogP contribution in [0.5, 0.6) is 0 Å². The molecule has 0 atom stereocenters. The van der Waals surface area contributed by atoms with Gasteiger partial charge in [-0.25, -0.2) is 4.98 Å². The number of rotatable bonds is 4. The van der Waals surface area contributed by atoms with Gasteiger partial charge >= 0.3 is 0 Å². The van der Waals surface area contributed by atoms with Crippen LogP contribution in [-0.4, -0.2) is 28.2 Å². The molecule has 1 aliphatic carbocycles. The summed E-state index contributed by atoms with van der Waals surface area (Å²) < 4.78 is 4.83. The summed E-state index contributed by atoms with van der Waals surface area (Å²) in [6, 6.07) is 4.09. The van der Waals surface area contributed by atoms with Gasteiger partial charge in [0.2, 0.25) is 5.95 Å². The predicted octanol–water partition coefficient (Wildman–Crippen LogP) is 0.888. The third-order valence-corrected chi connectivity index (χ3v) is 3.62. The van der Waals surface area contributed by atoms with Gasteiger partial charge in [0.25, 0.3) is 0 Å². The van der Waals surface area contributed by atoms with Crippen LogP contribution < -0.4 is 16.4 Å². The van der Waals surface area contributed by atoms with E-state index in [1.165, 1.54) is 0 Å². The van der Waals surface area contributed by atoms with Crippen molar-refractivity contribution in [2.24, 2.45) is 5.73 Å². The van der Waals surface area contributed by atoms with Crippen molar-refractivity contribution < 1.29 is 4.52 Å². The molecular formula is C13H18N6O. The minimum absolute atomic E-state index is 0.285. The van der Waals surface area contributed by atoms with Crippen LogP contribution in [0, 0.1) is 0 Å². The molecule has 1 aliphatic rings. The monoisotopic (exact) mass is 274 g/mol. The zero-order chi connectivity index (χ0) is 14.1. The Labute approximate surface area is 117 Å². The number of hydrogen-bond donors (Lipinski definition) is 2. The molecule has 2 aromatic rings. The Kier molecular flexibility index (Phi) is 3.27. The zero-order valence-electron chi connectivity index (χ0n) is 11.4. The molecule has 7 heteroatoms. The maximum atomic E-state index is 5.83. The van der Waals surface area contributed by atoms with Crippen LogP contribution in [0.25, 0.3) is 0 Å². The van der Waals surface area contributed by atoms with Gasteiger partial charge in [-0.2, -0.15) is 4.98 Å². The minimum atomic E-state index is 0.285. The van der Waals surface area contributed by atoms with Gasteiger partial charge in [0.1, 0.15) is 17.8 Å². The summed E-state index contributed by atoms with van der Waals surface area (Å²) in [5.74, 6) is 1.48. The highest BCUT2D eigenvalue weighted by Gasteiger charge is 2.29. The maximum absolute atomic E-state index is 5.83. The maximum Gasteiger partial charge on any atom is 0.222 e. The van der Waals surface area contributed by atoms with E-state index >= 15 is 0 Å². The molecular weight excluding hydrogens is 256 g/mol. The Hall–Kier alpha value is -2.15. The molecule has 2 heterocycles. The summed E-state index contributed by atoms with van der Waals surface area (Å²) in [5.41, 5.74) is 13.5. The van der Waals surface area contributed by atoms with E-state index in [1.54, 1.807) is 6.26 Å². The fourth-order valence-corrected chi connectivity index (χ4v) is 2.42. The molecule has 0 spiro atoms. The van der Waals surface area contributed by atoms with Crippen LogP contribution in [0.15, 0.2) is 22.9 Å². The van der Waals surface area contributed by atoms with Crippen LogP contribution in [0.3, 0.4) is 0 Å². The molecule has 0 aromatic carbocycles. The van der Waals surface area contributed by atoms with Gasteiger partial charge in [-0.3, -0.25) is 0 Å². The standard InChI is InChI=1S/C13H18N6O/c1-19(7-10-2-3-20-18-10)12-6-11(16-13(15)17-12)8-4-9(14)5-8/h2-3,6,8-9H,4-5,7,14H2,1H3,(H2,15,16,17). The Balaban J connectivity index is 1.78. The highest BCUT2D eigenvalue weighted by molar-refractivity contribution is 5.44. The van der Waals surface area contributed by atoms with Crippen molar-refractivity contribution in [3.8, 4) is 0 Å². The molecule has 1 fully saturated rings. The molecule has 20 heavy (non-hydrogen) atoms. The molecule has 0 unspecified atom stereocenters. The Morgan fingerprint density at radius 3 is 2.85 bits per heavy atom. The van der Waals surface area contributed by atoms with Gasteiger partial charge in [-0.05, 0) is 12.8 Å². The summed E-state index contributed by atoms with van der Waals surface area (Å²) in [6.45, 7) is 0.608. The lowest BCUT2D eigenvalue weighted by Gasteiger charge is -2.32. The van der Waals surface area contributed by atoms with Gasteiger partial charge in [0.15, 0.2) is 0 Å². The third kappa shape index (κ3) is 2.57. The van der Waals surface area contributed by atoms with Crippen LogP contribution in [-0.2, 0) is 6.54 Å². The topological polar surface area (TPSA) is 107 Å². The largest absolute Gasteiger partial charge is 0.368 e. The first kappa shape index (κ1) is 12.9. The van der Waals surface area contributed by atoms with E-state index in [4.69, 9.17) is 16.0 Å². The molecule has 0 radical (unpaired) electrons. The molecule has 0 bridgehead atoms. The first-order valence-electron chi connectivity index (χ1n) is 6.62. The molecule has 0 amide bonds. The van der Waals surface area contributed by atoms with Gasteiger partial charge in [0.05, 0.1) is 12.2 Å². The average Bonchev–Trinajstić information content (AvgIpc) is 2.87. The van der Waals surface area contributed by atoms with E-state index in [0.29, 0.717) is 18.4 Å². The second kappa shape index (κ2) is 5.09. The van der Waals surface area contributed by atoms with E-state index in [-0.39, 0.29) is 6.04 Å². The average molecular weight is 274 g/mol. The van der Waals surface area contributed by atoms with E-state index in [9.17, 15) is 0 Å². The number of anilines is 2. The van der Waals surface area contributed by atoms with Crippen LogP contribution in [0.2, 0.25) is 0 Å². The number of aromatic nitrogens is 3. The molecule has 0 saturated heterocycles. The number of nitrogens with two attached hydrogens (primary N) is 2. The third-order valence-electron chi connectivity index (χ3n) is 3.62. The van der Waals surface area contributed by atoms with Crippen LogP contribution in [0.1, 0.15) is 30.1 Å².